The van der Waals surface area contributed by atoms with Gasteiger partial charge in [0.25, 0.3) is 5.91 Å². The van der Waals surface area contributed by atoms with Gasteiger partial charge in [-0.25, -0.2) is 4.79 Å². The summed E-state index contributed by atoms with van der Waals surface area (Å²) < 4.78 is 0. The van der Waals surface area contributed by atoms with Crippen LogP contribution in [0.3, 0.4) is 0 Å². The summed E-state index contributed by atoms with van der Waals surface area (Å²) in [6.45, 7) is 0.804. The zero-order chi connectivity index (χ0) is 16.7. The van der Waals surface area contributed by atoms with Crippen molar-refractivity contribution >= 4 is 29.0 Å². The molecule has 4 rings (SSSR count). The Balaban J connectivity index is 1.60. The van der Waals surface area contributed by atoms with Crippen molar-refractivity contribution < 1.29 is 14.7 Å². The second-order valence-electron chi connectivity index (χ2n) is 6.02. The molecular weight excluding hydrogens is 328 g/mol. The Bertz CT molecular complexity index is 797. The molecule has 2 aromatic heterocycles. The molecule has 4 heterocycles. The molecule has 124 valence electrons. The number of nitrogens with zero attached hydrogens (tertiary/aromatic N) is 2. The highest BCUT2D eigenvalue weighted by atomic mass is 32.1. The molecular formula is C16H16N4O3S. The van der Waals surface area contributed by atoms with Crippen LogP contribution < -0.4 is 10.6 Å². The van der Waals surface area contributed by atoms with Gasteiger partial charge >= 0.3 is 6.09 Å². The van der Waals surface area contributed by atoms with E-state index in [0.717, 1.165) is 16.1 Å². The van der Waals surface area contributed by atoms with E-state index in [0.29, 0.717) is 30.8 Å². The molecule has 1 fully saturated rings. The number of pyridine rings is 1. The molecule has 0 saturated carbocycles. The number of amides is 2. The summed E-state index contributed by atoms with van der Waals surface area (Å²) in [6.07, 6.45) is 3.63. The number of carbonyl (C=O) groups excluding carboxylic acids is 1. The first kappa shape index (κ1) is 14.9. The SMILES string of the molecule is O=C1NC2(CCN(C(=O)O)CC2)Nc2cc(-c3ccncc3)sc21. The average Bonchev–Trinajstić information content (AvgIpc) is 3.00. The maximum Gasteiger partial charge on any atom is 0.407 e. The lowest BCUT2D eigenvalue weighted by atomic mass is 9.94. The lowest BCUT2D eigenvalue weighted by Gasteiger charge is -2.44. The molecule has 2 amide bonds. The second kappa shape index (κ2) is 5.48. The van der Waals surface area contributed by atoms with Crippen molar-refractivity contribution in [2.45, 2.75) is 18.5 Å². The maximum atomic E-state index is 12.5. The highest BCUT2D eigenvalue weighted by Crippen LogP contribution is 2.40. The van der Waals surface area contributed by atoms with Crippen LogP contribution in [0.5, 0.6) is 0 Å². The third-order valence-electron chi connectivity index (χ3n) is 4.52. The summed E-state index contributed by atoms with van der Waals surface area (Å²) in [4.78, 5) is 30.7. The number of nitrogens with one attached hydrogen (secondary N) is 2. The van der Waals surface area contributed by atoms with Crippen LogP contribution in [0.1, 0.15) is 22.5 Å². The maximum absolute atomic E-state index is 12.5. The van der Waals surface area contributed by atoms with Crippen molar-refractivity contribution in [2.75, 3.05) is 18.4 Å². The van der Waals surface area contributed by atoms with Crippen LogP contribution in [0.25, 0.3) is 10.4 Å². The van der Waals surface area contributed by atoms with Crippen LogP contribution in [-0.4, -0.2) is 45.7 Å². The van der Waals surface area contributed by atoms with Crippen LogP contribution in [0, 0.1) is 0 Å². The van der Waals surface area contributed by atoms with E-state index in [1.54, 1.807) is 12.4 Å². The fourth-order valence-corrected chi connectivity index (χ4v) is 4.22. The van der Waals surface area contributed by atoms with Crippen molar-refractivity contribution in [1.29, 1.82) is 0 Å². The molecule has 1 spiro atoms. The van der Waals surface area contributed by atoms with Crippen molar-refractivity contribution in [2.24, 2.45) is 0 Å². The van der Waals surface area contributed by atoms with Crippen molar-refractivity contribution in [1.82, 2.24) is 15.2 Å². The first-order valence-corrected chi connectivity index (χ1v) is 8.51. The topological polar surface area (TPSA) is 94.6 Å². The highest BCUT2D eigenvalue weighted by molar-refractivity contribution is 7.18. The van der Waals surface area contributed by atoms with Gasteiger partial charge in [0, 0.05) is 43.2 Å². The molecule has 7 nitrogen and oxygen atoms in total. The van der Waals surface area contributed by atoms with E-state index in [2.05, 4.69) is 15.6 Å². The van der Waals surface area contributed by atoms with E-state index in [-0.39, 0.29) is 5.91 Å². The second-order valence-corrected chi connectivity index (χ2v) is 7.07. The number of hydrogen-bond acceptors (Lipinski definition) is 5. The molecule has 0 aliphatic carbocycles. The molecule has 0 bridgehead atoms. The number of rotatable bonds is 1. The van der Waals surface area contributed by atoms with Gasteiger partial charge in [0.15, 0.2) is 0 Å². The summed E-state index contributed by atoms with van der Waals surface area (Å²) in [5, 5.41) is 15.6. The lowest BCUT2D eigenvalue weighted by molar-refractivity contribution is 0.0824. The summed E-state index contributed by atoms with van der Waals surface area (Å²) >= 11 is 1.44. The highest BCUT2D eigenvalue weighted by Gasteiger charge is 2.41. The fourth-order valence-electron chi connectivity index (χ4n) is 3.20. The number of aromatic nitrogens is 1. The average molecular weight is 344 g/mol. The van der Waals surface area contributed by atoms with E-state index in [4.69, 9.17) is 5.11 Å². The molecule has 8 heteroatoms. The lowest BCUT2D eigenvalue weighted by Crippen LogP contribution is -2.62. The van der Waals surface area contributed by atoms with Gasteiger partial charge in [-0.2, -0.15) is 0 Å². The Morgan fingerprint density at radius 2 is 1.96 bits per heavy atom. The Morgan fingerprint density at radius 3 is 2.62 bits per heavy atom. The number of carboxylic acid groups (broad SMARTS) is 1. The van der Waals surface area contributed by atoms with Crippen molar-refractivity contribution in [3.8, 4) is 10.4 Å². The first-order valence-electron chi connectivity index (χ1n) is 7.69. The monoisotopic (exact) mass is 344 g/mol. The third-order valence-corrected chi connectivity index (χ3v) is 5.70. The van der Waals surface area contributed by atoms with Crippen LogP contribution >= 0.6 is 11.3 Å². The normalized spacial score (nSPS) is 18.7. The van der Waals surface area contributed by atoms with Gasteiger partial charge in [-0.1, -0.05) is 0 Å². The summed E-state index contributed by atoms with van der Waals surface area (Å²) in [7, 11) is 0. The number of likely N-dealkylation sites (tertiary alicyclic amines) is 1. The van der Waals surface area contributed by atoms with Gasteiger partial charge in [0.05, 0.1) is 5.69 Å². The molecule has 0 radical (unpaired) electrons. The smallest absolute Gasteiger partial charge is 0.407 e. The molecule has 24 heavy (non-hydrogen) atoms. The number of carbonyl (C=O) groups is 2. The van der Waals surface area contributed by atoms with Crippen LogP contribution in [0.4, 0.5) is 10.5 Å². The number of fused-ring (bicyclic) bond motifs is 1. The van der Waals surface area contributed by atoms with E-state index in [1.807, 2.05) is 18.2 Å². The number of piperidine rings is 1. The number of anilines is 1. The van der Waals surface area contributed by atoms with Gasteiger partial charge in [0.2, 0.25) is 0 Å². The van der Waals surface area contributed by atoms with Crippen LogP contribution in [0.2, 0.25) is 0 Å². The molecule has 0 atom stereocenters. The minimum Gasteiger partial charge on any atom is -0.465 e. The minimum absolute atomic E-state index is 0.0992. The summed E-state index contributed by atoms with van der Waals surface area (Å²) in [5.41, 5.74) is 1.28. The van der Waals surface area contributed by atoms with E-state index in [9.17, 15) is 9.59 Å². The largest absolute Gasteiger partial charge is 0.465 e. The molecule has 0 aromatic carbocycles. The van der Waals surface area contributed by atoms with Gasteiger partial charge in [-0.15, -0.1) is 11.3 Å². The predicted octanol–water partition coefficient (Wildman–Crippen LogP) is 2.44. The van der Waals surface area contributed by atoms with E-state index < -0.39 is 11.8 Å². The van der Waals surface area contributed by atoms with Crippen molar-refractivity contribution in [3.63, 3.8) is 0 Å². The summed E-state index contributed by atoms with van der Waals surface area (Å²) in [6, 6.07) is 5.81. The first-order chi connectivity index (χ1) is 11.6. The predicted molar refractivity (Wildman–Crippen MR) is 90.2 cm³/mol. The molecule has 2 aromatic rings. The van der Waals surface area contributed by atoms with Crippen molar-refractivity contribution in [3.05, 3.63) is 35.5 Å². The Kier molecular flexibility index (Phi) is 3.42. The van der Waals surface area contributed by atoms with Gasteiger partial charge in [-0.05, 0) is 23.8 Å². The van der Waals surface area contributed by atoms with Gasteiger partial charge < -0.3 is 20.6 Å². The molecule has 1 saturated heterocycles. The number of thiophene rings is 1. The number of hydrogen-bond donors (Lipinski definition) is 3. The Morgan fingerprint density at radius 1 is 1.25 bits per heavy atom. The molecule has 2 aliphatic heterocycles. The molecule has 3 N–H and O–H groups in total. The van der Waals surface area contributed by atoms with Gasteiger partial charge in [-0.3, -0.25) is 9.78 Å². The van der Waals surface area contributed by atoms with Gasteiger partial charge in [0.1, 0.15) is 10.5 Å². The zero-order valence-corrected chi connectivity index (χ0v) is 13.6. The molecule has 0 unspecified atom stereocenters. The minimum atomic E-state index is -0.914. The third kappa shape index (κ3) is 2.48. The van der Waals surface area contributed by atoms with Crippen LogP contribution in [0.15, 0.2) is 30.6 Å². The summed E-state index contributed by atoms with van der Waals surface area (Å²) in [5.74, 6) is -0.0992. The van der Waals surface area contributed by atoms with E-state index >= 15 is 0 Å². The van der Waals surface area contributed by atoms with E-state index in [1.165, 1.54) is 16.2 Å². The Hall–Kier alpha value is -2.61. The fraction of sp³-hybridized carbons (Fsp3) is 0.312. The Labute approximate surface area is 142 Å². The zero-order valence-electron chi connectivity index (χ0n) is 12.8. The standard InChI is InChI=1S/C16H16N4O3S/c21-14-13-11(9-12(24-13)10-1-5-17-6-2-10)18-16(19-14)3-7-20(8-4-16)15(22)23/h1-2,5-6,9,18H,3-4,7-8H2,(H,19,21)(H,22,23). The molecule has 2 aliphatic rings. The van der Waals surface area contributed by atoms with Crippen LogP contribution in [-0.2, 0) is 0 Å². The quantitative estimate of drug-likeness (QED) is 0.739.